The zero-order chi connectivity index (χ0) is 15.9. The van der Waals surface area contributed by atoms with Crippen molar-refractivity contribution >= 4 is 15.9 Å². The van der Waals surface area contributed by atoms with Crippen LogP contribution in [0.3, 0.4) is 0 Å². The first-order valence-corrected chi connectivity index (χ1v) is 9.51. The summed E-state index contributed by atoms with van der Waals surface area (Å²) in [4.78, 5) is 12.0. The number of carbonyl (C=O) groups is 1. The van der Waals surface area contributed by atoms with E-state index in [1.54, 1.807) is 0 Å². The van der Waals surface area contributed by atoms with Gasteiger partial charge in [0.15, 0.2) is 0 Å². The SMILES string of the molecule is CCC(CC)CS(=O)(=O)N1CCCC(C(=O)NCCN)C1. The lowest BCUT2D eigenvalue weighted by atomic mass is 9.99. The van der Waals surface area contributed by atoms with E-state index in [9.17, 15) is 13.2 Å². The first-order chi connectivity index (χ1) is 9.94. The first kappa shape index (κ1) is 18.4. The second kappa shape index (κ2) is 8.70. The van der Waals surface area contributed by atoms with Gasteiger partial charge in [-0.2, -0.15) is 0 Å². The molecule has 124 valence electrons. The molecule has 1 saturated heterocycles. The Morgan fingerprint density at radius 2 is 2.05 bits per heavy atom. The predicted molar refractivity (Wildman–Crippen MR) is 84.2 cm³/mol. The molecule has 0 aromatic heterocycles. The van der Waals surface area contributed by atoms with Gasteiger partial charge in [0, 0.05) is 26.2 Å². The maximum atomic E-state index is 12.5. The van der Waals surface area contributed by atoms with Gasteiger partial charge in [-0.3, -0.25) is 4.79 Å². The summed E-state index contributed by atoms with van der Waals surface area (Å²) in [6.07, 6.45) is 3.21. The average molecular weight is 319 g/mol. The molecule has 1 atom stereocenters. The third kappa shape index (κ3) is 5.56. The third-order valence-electron chi connectivity index (χ3n) is 4.19. The van der Waals surface area contributed by atoms with Crippen LogP contribution < -0.4 is 11.1 Å². The number of nitrogens with one attached hydrogen (secondary N) is 1. The van der Waals surface area contributed by atoms with Gasteiger partial charge in [0.25, 0.3) is 0 Å². The van der Waals surface area contributed by atoms with Gasteiger partial charge in [-0.15, -0.1) is 0 Å². The molecule has 0 bridgehead atoms. The fourth-order valence-corrected chi connectivity index (χ4v) is 4.77. The van der Waals surface area contributed by atoms with Gasteiger partial charge in [0.2, 0.25) is 15.9 Å². The maximum absolute atomic E-state index is 12.5. The Morgan fingerprint density at radius 1 is 1.38 bits per heavy atom. The smallest absolute Gasteiger partial charge is 0.224 e. The molecule has 3 N–H and O–H groups in total. The van der Waals surface area contributed by atoms with E-state index in [-0.39, 0.29) is 23.5 Å². The molecule has 1 heterocycles. The monoisotopic (exact) mass is 319 g/mol. The van der Waals surface area contributed by atoms with Gasteiger partial charge in [-0.25, -0.2) is 12.7 Å². The first-order valence-electron chi connectivity index (χ1n) is 7.90. The molecule has 7 heteroatoms. The van der Waals surface area contributed by atoms with Crippen LogP contribution in [0.4, 0.5) is 0 Å². The molecular weight excluding hydrogens is 290 g/mol. The van der Waals surface area contributed by atoms with Crippen LogP contribution in [-0.4, -0.2) is 50.6 Å². The molecule has 1 aliphatic rings. The molecule has 1 aliphatic heterocycles. The van der Waals surface area contributed by atoms with Crippen molar-refractivity contribution in [2.45, 2.75) is 39.5 Å². The third-order valence-corrected chi connectivity index (χ3v) is 6.20. The lowest BCUT2D eigenvalue weighted by Gasteiger charge is -2.32. The molecule has 21 heavy (non-hydrogen) atoms. The summed E-state index contributed by atoms with van der Waals surface area (Å²) < 4.78 is 26.4. The second-order valence-electron chi connectivity index (χ2n) is 5.74. The summed E-state index contributed by atoms with van der Waals surface area (Å²) in [6.45, 7) is 5.71. The Morgan fingerprint density at radius 3 is 2.62 bits per heavy atom. The van der Waals surface area contributed by atoms with E-state index in [2.05, 4.69) is 5.32 Å². The number of hydrogen-bond donors (Lipinski definition) is 2. The number of amides is 1. The fourth-order valence-electron chi connectivity index (χ4n) is 2.68. The van der Waals surface area contributed by atoms with E-state index in [1.807, 2.05) is 13.8 Å². The Balaban J connectivity index is 2.64. The van der Waals surface area contributed by atoms with Crippen LogP contribution in [-0.2, 0) is 14.8 Å². The number of nitrogens with zero attached hydrogens (tertiary/aromatic N) is 1. The minimum atomic E-state index is -3.27. The second-order valence-corrected chi connectivity index (χ2v) is 7.75. The van der Waals surface area contributed by atoms with Crippen molar-refractivity contribution in [3.8, 4) is 0 Å². The van der Waals surface area contributed by atoms with Gasteiger partial charge in [-0.1, -0.05) is 26.7 Å². The molecular formula is C14H29N3O3S. The molecule has 0 spiro atoms. The molecule has 1 fully saturated rings. The van der Waals surface area contributed by atoms with E-state index in [4.69, 9.17) is 5.73 Å². The highest BCUT2D eigenvalue weighted by molar-refractivity contribution is 7.89. The van der Waals surface area contributed by atoms with E-state index in [1.165, 1.54) is 4.31 Å². The Labute approximate surface area is 128 Å². The van der Waals surface area contributed by atoms with Crippen LogP contribution in [0, 0.1) is 11.8 Å². The van der Waals surface area contributed by atoms with Crippen molar-refractivity contribution in [1.29, 1.82) is 0 Å². The van der Waals surface area contributed by atoms with Crippen molar-refractivity contribution < 1.29 is 13.2 Å². The molecule has 0 saturated carbocycles. The van der Waals surface area contributed by atoms with Gasteiger partial charge >= 0.3 is 0 Å². The summed E-state index contributed by atoms with van der Waals surface area (Å²) in [5, 5.41) is 2.75. The summed E-state index contributed by atoms with van der Waals surface area (Å²) in [7, 11) is -3.27. The van der Waals surface area contributed by atoms with Crippen LogP contribution in [0.25, 0.3) is 0 Å². The van der Waals surface area contributed by atoms with Crippen LogP contribution in [0.5, 0.6) is 0 Å². The molecule has 0 aromatic carbocycles. The Hall–Kier alpha value is -0.660. The Kier molecular flexibility index (Phi) is 7.62. The molecule has 1 rings (SSSR count). The quantitative estimate of drug-likeness (QED) is 0.683. The normalized spacial score (nSPS) is 20.7. The molecule has 6 nitrogen and oxygen atoms in total. The average Bonchev–Trinajstić information content (AvgIpc) is 2.50. The summed E-state index contributed by atoms with van der Waals surface area (Å²) in [6, 6.07) is 0. The summed E-state index contributed by atoms with van der Waals surface area (Å²) >= 11 is 0. The highest BCUT2D eigenvalue weighted by Gasteiger charge is 2.32. The van der Waals surface area contributed by atoms with Gasteiger partial charge in [0.1, 0.15) is 0 Å². The van der Waals surface area contributed by atoms with Gasteiger partial charge in [0.05, 0.1) is 11.7 Å². The van der Waals surface area contributed by atoms with Crippen molar-refractivity contribution in [2.75, 3.05) is 31.9 Å². The maximum Gasteiger partial charge on any atom is 0.224 e. The number of hydrogen-bond acceptors (Lipinski definition) is 4. The standard InChI is InChI=1S/C14H29N3O3S/c1-3-12(4-2)11-21(19,20)17-9-5-6-13(10-17)14(18)16-8-7-15/h12-13H,3-11,15H2,1-2H3,(H,16,18). The number of piperidine rings is 1. The van der Waals surface area contributed by atoms with Crippen LogP contribution in [0.2, 0.25) is 0 Å². The van der Waals surface area contributed by atoms with E-state index >= 15 is 0 Å². The molecule has 1 amide bonds. The highest BCUT2D eigenvalue weighted by Crippen LogP contribution is 2.22. The van der Waals surface area contributed by atoms with Crippen LogP contribution in [0.1, 0.15) is 39.5 Å². The van der Waals surface area contributed by atoms with Crippen molar-refractivity contribution in [3.05, 3.63) is 0 Å². The van der Waals surface area contributed by atoms with Crippen molar-refractivity contribution in [2.24, 2.45) is 17.6 Å². The number of carbonyl (C=O) groups excluding carboxylic acids is 1. The highest BCUT2D eigenvalue weighted by atomic mass is 32.2. The molecule has 0 aromatic rings. The molecule has 1 unspecified atom stereocenters. The minimum absolute atomic E-state index is 0.0807. The predicted octanol–water partition coefficient (Wildman–Crippen LogP) is 0.539. The number of nitrogens with two attached hydrogens (primary N) is 1. The van der Waals surface area contributed by atoms with Crippen molar-refractivity contribution in [3.63, 3.8) is 0 Å². The van der Waals surface area contributed by atoms with E-state index < -0.39 is 10.0 Å². The number of sulfonamides is 1. The minimum Gasteiger partial charge on any atom is -0.355 e. The summed E-state index contributed by atoms with van der Waals surface area (Å²) in [5.74, 6) is 0.0584. The van der Waals surface area contributed by atoms with E-state index in [0.717, 1.165) is 25.7 Å². The molecule has 0 aliphatic carbocycles. The van der Waals surface area contributed by atoms with Gasteiger partial charge in [-0.05, 0) is 18.8 Å². The fraction of sp³-hybridized carbons (Fsp3) is 0.929. The summed E-state index contributed by atoms with van der Waals surface area (Å²) in [5.41, 5.74) is 5.37. The lowest BCUT2D eigenvalue weighted by molar-refractivity contribution is -0.126. The largest absolute Gasteiger partial charge is 0.355 e. The van der Waals surface area contributed by atoms with E-state index in [0.29, 0.717) is 26.2 Å². The zero-order valence-electron chi connectivity index (χ0n) is 13.2. The topological polar surface area (TPSA) is 92.5 Å². The van der Waals surface area contributed by atoms with Gasteiger partial charge < -0.3 is 11.1 Å². The van der Waals surface area contributed by atoms with Crippen LogP contribution in [0.15, 0.2) is 0 Å². The zero-order valence-corrected chi connectivity index (χ0v) is 14.0. The van der Waals surface area contributed by atoms with Crippen molar-refractivity contribution in [1.82, 2.24) is 9.62 Å². The number of rotatable bonds is 8. The van der Waals surface area contributed by atoms with Crippen LogP contribution >= 0.6 is 0 Å². The Bertz CT molecular complexity index is 421. The molecule has 0 radical (unpaired) electrons. The lowest BCUT2D eigenvalue weighted by Crippen LogP contribution is -2.47.